The molecule has 188 valence electrons. The van der Waals surface area contributed by atoms with Gasteiger partial charge in [0.25, 0.3) is 5.91 Å². The van der Waals surface area contributed by atoms with Crippen LogP contribution in [0.5, 0.6) is 5.75 Å². The third-order valence-corrected chi connectivity index (χ3v) is 6.53. The summed E-state index contributed by atoms with van der Waals surface area (Å²) in [5, 5.41) is 3.77. The molecular weight excluding hydrogens is 460 g/mol. The molecule has 4 aromatic rings. The fourth-order valence-corrected chi connectivity index (χ4v) is 4.52. The van der Waals surface area contributed by atoms with Gasteiger partial charge in [-0.05, 0) is 62.1 Å². The smallest absolute Gasteiger partial charge is 0.420 e. The molecule has 2 amide bonds. The number of H-pyrrole nitrogens is 1. The summed E-state index contributed by atoms with van der Waals surface area (Å²) in [6, 6.07) is 12.4. The lowest BCUT2D eigenvalue weighted by Gasteiger charge is -2.26. The van der Waals surface area contributed by atoms with E-state index in [0.717, 1.165) is 48.8 Å². The van der Waals surface area contributed by atoms with Crippen molar-refractivity contribution in [3.63, 3.8) is 0 Å². The third-order valence-electron chi connectivity index (χ3n) is 6.53. The van der Waals surface area contributed by atoms with E-state index in [1.165, 1.54) is 4.57 Å². The molecule has 0 bridgehead atoms. The molecule has 2 N–H and O–H groups in total. The molecule has 36 heavy (non-hydrogen) atoms. The highest BCUT2D eigenvalue weighted by atomic mass is 16.5. The first-order valence-electron chi connectivity index (χ1n) is 12.5. The summed E-state index contributed by atoms with van der Waals surface area (Å²) in [6.07, 6.45) is 5.11. The van der Waals surface area contributed by atoms with Gasteiger partial charge in [0.15, 0.2) is 5.58 Å². The molecule has 0 atom stereocenters. The van der Waals surface area contributed by atoms with Gasteiger partial charge in [-0.2, -0.15) is 0 Å². The highest BCUT2D eigenvalue weighted by molar-refractivity contribution is 6.06. The number of rotatable bonds is 8. The van der Waals surface area contributed by atoms with E-state index in [1.54, 1.807) is 29.2 Å². The largest absolute Gasteiger partial charge is 0.494 e. The normalized spacial score (nSPS) is 13.9. The van der Waals surface area contributed by atoms with Crippen LogP contribution in [0.3, 0.4) is 0 Å². The minimum Gasteiger partial charge on any atom is -0.494 e. The number of hydrogen-bond acceptors (Lipinski definition) is 5. The summed E-state index contributed by atoms with van der Waals surface area (Å²) >= 11 is 0. The third kappa shape index (κ3) is 5.00. The Balaban J connectivity index is 1.33. The van der Waals surface area contributed by atoms with Crippen LogP contribution in [0, 0.1) is 0 Å². The number of carbonyl (C=O) groups excluding carboxylic acids is 2. The van der Waals surface area contributed by atoms with Crippen LogP contribution in [-0.4, -0.2) is 46.0 Å². The summed E-state index contributed by atoms with van der Waals surface area (Å²) in [4.78, 5) is 43.1. The van der Waals surface area contributed by atoms with Gasteiger partial charge in [0.1, 0.15) is 18.0 Å². The van der Waals surface area contributed by atoms with E-state index in [2.05, 4.69) is 17.2 Å². The maximum atomic E-state index is 13.0. The van der Waals surface area contributed by atoms with Crippen molar-refractivity contribution in [1.29, 1.82) is 0 Å². The number of carbonyl (C=O) groups is 2. The lowest BCUT2D eigenvalue weighted by atomic mass is 10.1. The van der Waals surface area contributed by atoms with E-state index < -0.39 is 5.76 Å². The van der Waals surface area contributed by atoms with Crippen molar-refractivity contribution in [2.75, 3.05) is 25.0 Å². The molecule has 1 aliphatic rings. The minimum absolute atomic E-state index is 0.0894. The zero-order valence-corrected chi connectivity index (χ0v) is 20.3. The Bertz CT molecular complexity index is 1460. The number of hydrogen-bond donors (Lipinski definition) is 2. The molecule has 1 aliphatic heterocycles. The predicted octanol–water partition coefficient (Wildman–Crippen LogP) is 4.52. The van der Waals surface area contributed by atoms with Gasteiger partial charge in [-0.15, -0.1) is 0 Å². The van der Waals surface area contributed by atoms with Crippen LogP contribution in [0.2, 0.25) is 0 Å². The van der Waals surface area contributed by atoms with Gasteiger partial charge in [0.05, 0.1) is 12.1 Å². The zero-order chi connectivity index (χ0) is 25.1. The van der Waals surface area contributed by atoms with E-state index in [1.807, 2.05) is 18.2 Å². The number of ether oxygens (including phenoxy) is 1. The van der Waals surface area contributed by atoms with Crippen LogP contribution in [0.25, 0.3) is 22.0 Å². The highest BCUT2D eigenvalue weighted by Gasteiger charge is 2.20. The maximum absolute atomic E-state index is 13.0. The van der Waals surface area contributed by atoms with Crippen molar-refractivity contribution in [1.82, 2.24) is 14.5 Å². The molecule has 0 unspecified atom stereocenters. The Hall–Kier alpha value is -4.01. The van der Waals surface area contributed by atoms with Crippen LogP contribution in [-0.2, 0) is 11.3 Å². The van der Waals surface area contributed by atoms with Crippen LogP contribution in [0.15, 0.2) is 51.7 Å². The van der Waals surface area contributed by atoms with Gasteiger partial charge >= 0.3 is 5.76 Å². The van der Waals surface area contributed by atoms with E-state index in [0.29, 0.717) is 42.2 Å². The topological polar surface area (TPSA) is 110 Å². The lowest BCUT2D eigenvalue weighted by Crippen LogP contribution is -2.39. The van der Waals surface area contributed by atoms with Crippen LogP contribution in [0.1, 0.15) is 49.5 Å². The fraction of sp³-hybridized carbons (Fsp3) is 0.370. The Morgan fingerprint density at radius 1 is 1.08 bits per heavy atom. The van der Waals surface area contributed by atoms with Gasteiger partial charge in [-0.1, -0.05) is 13.3 Å². The predicted molar refractivity (Wildman–Crippen MR) is 138 cm³/mol. The molecule has 9 nitrogen and oxygen atoms in total. The van der Waals surface area contributed by atoms with Gasteiger partial charge < -0.3 is 24.4 Å². The number of oxazole rings is 1. The number of fused-ring (bicyclic) bond motifs is 2. The van der Waals surface area contributed by atoms with Crippen molar-refractivity contribution in [3.8, 4) is 5.75 Å². The van der Waals surface area contributed by atoms with Gasteiger partial charge in [-0.25, -0.2) is 4.79 Å². The number of aromatic amines is 1. The molecule has 0 spiro atoms. The molecule has 2 aromatic heterocycles. The van der Waals surface area contributed by atoms with Crippen LogP contribution >= 0.6 is 0 Å². The molecule has 0 radical (unpaired) electrons. The van der Waals surface area contributed by atoms with Crippen molar-refractivity contribution >= 4 is 39.5 Å². The standard InChI is InChI=1S/C27H30N4O5/c1-2-3-13-35-20-9-7-18-14-22(29-21(18)16-20)26(33)28-19-8-10-24-23(15-19)31(27(34)36-24)17-25(32)30-11-5-4-6-12-30/h7-10,14-16,29H,2-6,11-13,17H2,1H3,(H,28,33). The minimum atomic E-state index is -0.591. The maximum Gasteiger partial charge on any atom is 0.420 e. The average Bonchev–Trinajstić information content (AvgIpc) is 3.45. The number of unbranched alkanes of at least 4 members (excludes halogenated alkanes) is 1. The SMILES string of the molecule is CCCCOc1ccc2cc(C(=O)Nc3ccc4oc(=O)n(CC(=O)N5CCCCC5)c4c3)[nH]c2c1. The van der Waals surface area contributed by atoms with E-state index in [9.17, 15) is 14.4 Å². The first kappa shape index (κ1) is 23.7. The van der Waals surface area contributed by atoms with Gasteiger partial charge in [0.2, 0.25) is 5.91 Å². The molecule has 3 heterocycles. The van der Waals surface area contributed by atoms with Gasteiger partial charge in [-0.3, -0.25) is 14.2 Å². The number of nitrogens with zero attached hydrogens (tertiary/aromatic N) is 2. The lowest BCUT2D eigenvalue weighted by molar-refractivity contribution is -0.132. The second kappa shape index (κ2) is 10.3. The Morgan fingerprint density at radius 3 is 2.72 bits per heavy atom. The Labute approximate surface area is 208 Å². The average molecular weight is 491 g/mol. The Kier molecular flexibility index (Phi) is 6.79. The second-order valence-corrected chi connectivity index (χ2v) is 9.17. The number of amides is 2. The number of piperidine rings is 1. The van der Waals surface area contributed by atoms with Crippen molar-refractivity contribution in [2.24, 2.45) is 0 Å². The molecule has 0 saturated carbocycles. The highest BCUT2D eigenvalue weighted by Crippen LogP contribution is 2.24. The molecule has 5 rings (SSSR count). The number of likely N-dealkylation sites (tertiary alicyclic amines) is 1. The zero-order valence-electron chi connectivity index (χ0n) is 20.3. The van der Waals surface area contributed by atoms with Crippen molar-refractivity contribution in [3.05, 3.63) is 58.7 Å². The summed E-state index contributed by atoms with van der Waals surface area (Å²) in [6.45, 7) is 4.10. The van der Waals surface area contributed by atoms with Crippen LogP contribution in [0.4, 0.5) is 5.69 Å². The van der Waals surface area contributed by atoms with E-state index in [4.69, 9.17) is 9.15 Å². The second-order valence-electron chi connectivity index (χ2n) is 9.17. The van der Waals surface area contributed by atoms with Crippen LogP contribution < -0.4 is 15.8 Å². The monoisotopic (exact) mass is 490 g/mol. The molecule has 2 aromatic carbocycles. The molecule has 9 heteroatoms. The summed E-state index contributed by atoms with van der Waals surface area (Å²) in [5.74, 6) is -0.260. The van der Waals surface area contributed by atoms with Crippen molar-refractivity contribution < 1.29 is 18.7 Å². The van der Waals surface area contributed by atoms with Crippen molar-refractivity contribution in [2.45, 2.75) is 45.6 Å². The summed E-state index contributed by atoms with van der Waals surface area (Å²) in [5.41, 5.74) is 2.54. The van der Waals surface area contributed by atoms with Gasteiger partial charge in [0, 0.05) is 35.7 Å². The fourth-order valence-electron chi connectivity index (χ4n) is 4.52. The molecular formula is C27H30N4O5. The number of anilines is 1. The number of nitrogens with one attached hydrogen (secondary N) is 2. The first-order valence-corrected chi connectivity index (χ1v) is 12.5. The van der Waals surface area contributed by atoms with E-state index >= 15 is 0 Å². The quantitative estimate of drug-likeness (QED) is 0.353. The van der Waals surface area contributed by atoms with E-state index in [-0.39, 0.29) is 18.4 Å². The summed E-state index contributed by atoms with van der Waals surface area (Å²) < 4.78 is 12.4. The Morgan fingerprint density at radius 2 is 1.92 bits per heavy atom. The molecule has 1 saturated heterocycles. The number of benzene rings is 2. The molecule has 1 fully saturated rings. The molecule has 0 aliphatic carbocycles. The number of aromatic nitrogens is 2. The summed E-state index contributed by atoms with van der Waals surface area (Å²) in [7, 11) is 0. The first-order chi connectivity index (χ1) is 17.5.